The largest absolute Gasteiger partial charge is 0.381 e. The van der Waals surface area contributed by atoms with Crippen LogP contribution in [0.15, 0.2) is 10.9 Å². The highest BCUT2D eigenvalue weighted by molar-refractivity contribution is 5.93. The van der Waals surface area contributed by atoms with E-state index in [1.54, 1.807) is 4.90 Å². The molecule has 2 amide bonds. The molecule has 3 aliphatic heterocycles. The normalized spacial score (nSPS) is 26.5. The molecule has 3 saturated heterocycles. The molecule has 4 fully saturated rings. The van der Waals surface area contributed by atoms with Crippen molar-refractivity contribution in [2.24, 2.45) is 11.3 Å². The van der Waals surface area contributed by atoms with Gasteiger partial charge in [0.2, 0.25) is 5.91 Å². The fraction of sp³-hybridized carbons (Fsp3) is 0.667. The number of nitrogens with zero attached hydrogens (tertiary/aromatic N) is 3. The molecule has 0 aromatic carbocycles. The summed E-state index contributed by atoms with van der Waals surface area (Å²) in [5.41, 5.74) is 0.00577. The Morgan fingerprint density at radius 2 is 1.88 bits per heavy atom. The van der Waals surface area contributed by atoms with Crippen LogP contribution >= 0.6 is 0 Å². The van der Waals surface area contributed by atoms with Gasteiger partial charge in [0.25, 0.3) is 11.5 Å². The van der Waals surface area contributed by atoms with Crippen molar-refractivity contribution in [2.45, 2.75) is 25.2 Å². The summed E-state index contributed by atoms with van der Waals surface area (Å²) in [7, 11) is 0. The second kappa shape index (κ2) is 5.64. The molecule has 5 rings (SSSR count). The number of aromatic amines is 1. The van der Waals surface area contributed by atoms with Gasteiger partial charge >= 0.3 is 0 Å². The number of hydrogen-bond donors (Lipinski definition) is 1. The van der Waals surface area contributed by atoms with Crippen LogP contribution in [0.25, 0.3) is 0 Å². The summed E-state index contributed by atoms with van der Waals surface area (Å²) in [6, 6.07) is 1.29. The first-order chi connectivity index (χ1) is 12.5. The van der Waals surface area contributed by atoms with E-state index in [4.69, 9.17) is 4.74 Å². The average Bonchev–Trinajstić information content (AvgIpc) is 3.26. The maximum atomic E-state index is 12.6. The molecule has 0 unspecified atom stereocenters. The summed E-state index contributed by atoms with van der Waals surface area (Å²) in [5.74, 6) is 0.936. The summed E-state index contributed by atoms with van der Waals surface area (Å²) in [4.78, 5) is 47.5. The van der Waals surface area contributed by atoms with Gasteiger partial charge in [-0.1, -0.05) is 0 Å². The van der Waals surface area contributed by atoms with Crippen molar-refractivity contribution in [1.82, 2.24) is 19.8 Å². The Hall–Kier alpha value is -2.22. The lowest BCUT2D eigenvalue weighted by Gasteiger charge is -2.60. The molecule has 4 heterocycles. The SMILES string of the molecule is O=C(c1cc(=O)[nH]c(C2CC2)n1)N1CC2(C1)CN(C(=O)[C@@H]1CCOC1)C2. The molecule has 1 aromatic heterocycles. The Balaban J connectivity index is 1.19. The van der Waals surface area contributed by atoms with Gasteiger partial charge in [-0.15, -0.1) is 0 Å². The number of hydrogen-bond acceptors (Lipinski definition) is 5. The van der Waals surface area contributed by atoms with Crippen molar-refractivity contribution < 1.29 is 14.3 Å². The molecule has 1 atom stereocenters. The second-order valence-electron chi connectivity index (χ2n) is 8.21. The molecular weight excluding hydrogens is 336 g/mol. The summed E-state index contributed by atoms with van der Waals surface area (Å²) >= 11 is 0. The molecule has 1 N–H and O–H groups in total. The zero-order valence-electron chi connectivity index (χ0n) is 14.6. The van der Waals surface area contributed by atoms with Gasteiger partial charge < -0.3 is 19.5 Å². The van der Waals surface area contributed by atoms with Crippen molar-refractivity contribution in [3.63, 3.8) is 0 Å². The van der Waals surface area contributed by atoms with Crippen LogP contribution in [0.2, 0.25) is 0 Å². The molecule has 138 valence electrons. The van der Waals surface area contributed by atoms with Gasteiger partial charge in [0.1, 0.15) is 11.5 Å². The predicted molar refractivity (Wildman–Crippen MR) is 90.7 cm³/mol. The number of H-pyrrole nitrogens is 1. The van der Waals surface area contributed by atoms with Gasteiger partial charge in [-0.05, 0) is 19.3 Å². The fourth-order valence-electron chi connectivity index (χ4n) is 4.31. The predicted octanol–water partition coefficient (Wildman–Crippen LogP) is -0.0318. The zero-order valence-corrected chi connectivity index (χ0v) is 14.6. The van der Waals surface area contributed by atoms with E-state index >= 15 is 0 Å². The van der Waals surface area contributed by atoms with Crippen molar-refractivity contribution in [2.75, 3.05) is 39.4 Å². The standard InChI is InChI=1S/C18H22N4O4/c23-14-5-13(19-15(20-14)11-1-2-11)17(25)22-9-18(10-22)7-21(8-18)16(24)12-3-4-26-6-12/h5,11-12H,1-4,6-10H2,(H,19,20,23)/t12-/m1/s1. The van der Waals surface area contributed by atoms with E-state index in [9.17, 15) is 14.4 Å². The van der Waals surface area contributed by atoms with E-state index in [1.165, 1.54) is 6.07 Å². The molecule has 26 heavy (non-hydrogen) atoms. The summed E-state index contributed by atoms with van der Waals surface area (Å²) in [6.07, 6.45) is 2.84. The van der Waals surface area contributed by atoms with Crippen molar-refractivity contribution in [3.8, 4) is 0 Å². The fourth-order valence-corrected chi connectivity index (χ4v) is 4.31. The van der Waals surface area contributed by atoms with Crippen molar-refractivity contribution >= 4 is 11.8 Å². The third-order valence-electron chi connectivity index (χ3n) is 5.93. The van der Waals surface area contributed by atoms with Crippen molar-refractivity contribution in [1.29, 1.82) is 0 Å². The van der Waals surface area contributed by atoms with Crippen LogP contribution in [-0.2, 0) is 9.53 Å². The van der Waals surface area contributed by atoms with Crippen LogP contribution in [0.1, 0.15) is 41.5 Å². The van der Waals surface area contributed by atoms with Gasteiger partial charge in [0, 0.05) is 50.2 Å². The number of likely N-dealkylation sites (tertiary alicyclic amines) is 2. The van der Waals surface area contributed by atoms with Crippen molar-refractivity contribution in [3.05, 3.63) is 27.9 Å². The number of ether oxygens (including phenoxy) is 1. The van der Waals surface area contributed by atoms with Crippen LogP contribution < -0.4 is 5.56 Å². The first-order valence-electron chi connectivity index (χ1n) is 9.30. The lowest BCUT2D eigenvalue weighted by molar-refractivity contribution is -0.158. The van der Waals surface area contributed by atoms with Crippen LogP contribution in [0, 0.1) is 11.3 Å². The molecule has 8 heteroatoms. The average molecular weight is 358 g/mol. The first-order valence-corrected chi connectivity index (χ1v) is 9.30. The molecular formula is C18H22N4O4. The van der Waals surface area contributed by atoms with Gasteiger partial charge in [0.05, 0.1) is 12.5 Å². The Kier molecular flexibility index (Phi) is 3.47. The monoisotopic (exact) mass is 358 g/mol. The highest BCUT2D eigenvalue weighted by Crippen LogP contribution is 2.41. The number of rotatable bonds is 3. The van der Waals surface area contributed by atoms with Crippen LogP contribution in [0.3, 0.4) is 0 Å². The van der Waals surface area contributed by atoms with E-state index < -0.39 is 0 Å². The molecule has 4 aliphatic rings. The smallest absolute Gasteiger partial charge is 0.272 e. The number of carbonyl (C=O) groups is 2. The Morgan fingerprint density at radius 3 is 2.54 bits per heavy atom. The van der Waals surface area contributed by atoms with Crippen LogP contribution in [0.4, 0.5) is 0 Å². The number of carbonyl (C=O) groups excluding carboxylic acids is 2. The third-order valence-corrected chi connectivity index (χ3v) is 5.93. The molecule has 0 bridgehead atoms. The van der Waals surface area contributed by atoms with Gasteiger partial charge in [-0.2, -0.15) is 0 Å². The van der Waals surface area contributed by atoms with Gasteiger partial charge in [-0.3, -0.25) is 14.4 Å². The maximum Gasteiger partial charge on any atom is 0.272 e. The van der Waals surface area contributed by atoms with Gasteiger partial charge in [0.15, 0.2) is 0 Å². The van der Waals surface area contributed by atoms with Crippen LogP contribution in [-0.4, -0.2) is 71.0 Å². The summed E-state index contributed by atoms with van der Waals surface area (Å²) < 4.78 is 5.29. The lowest BCUT2D eigenvalue weighted by atomic mass is 9.72. The van der Waals surface area contributed by atoms with E-state index in [2.05, 4.69) is 9.97 Å². The highest BCUT2D eigenvalue weighted by atomic mass is 16.5. The van der Waals surface area contributed by atoms with E-state index in [-0.39, 0.29) is 34.4 Å². The second-order valence-corrected chi connectivity index (χ2v) is 8.21. The van der Waals surface area contributed by atoms with Crippen LogP contribution in [0.5, 0.6) is 0 Å². The van der Waals surface area contributed by atoms with E-state index in [0.29, 0.717) is 51.1 Å². The minimum Gasteiger partial charge on any atom is -0.381 e. The minimum atomic E-state index is -0.264. The third kappa shape index (κ3) is 2.63. The number of amides is 2. The van der Waals surface area contributed by atoms with Gasteiger partial charge in [-0.25, -0.2) is 4.98 Å². The number of aromatic nitrogens is 2. The quantitative estimate of drug-likeness (QED) is 0.819. The molecule has 1 saturated carbocycles. The topological polar surface area (TPSA) is 95.6 Å². The number of nitrogens with one attached hydrogen (secondary N) is 1. The summed E-state index contributed by atoms with van der Waals surface area (Å²) in [6.45, 7) is 3.88. The molecule has 0 radical (unpaired) electrons. The van der Waals surface area contributed by atoms with E-state index in [0.717, 1.165) is 19.3 Å². The van der Waals surface area contributed by atoms with E-state index in [1.807, 2.05) is 4.90 Å². The Morgan fingerprint density at radius 1 is 1.15 bits per heavy atom. The Labute approximate surface area is 150 Å². The Bertz CT molecular complexity index is 811. The molecule has 1 aliphatic carbocycles. The zero-order chi connectivity index (χ0) is 17.9. The first kappa shape index (κ1) is 16.0. The summed E-state index contributed by atoms with van der Waals surface area (Å²) in [5, 5.41) is 0. The molecule has 1 spiro atoms. The molecule has 1 aromatic rings. The molecule has 8 nitrogen and oxygen atoms in total. The highest BCUT2D eigenvalue weighted by Gasteiger charge is 2.55. The maximum absolute atomic E-state index is 12.6. The minimum absolute atomic E-state index is 0.00579. The lowest BCUT2D eigenvalue weighted by Crippen LogP contribution is -2.74.